The topological polar surface area (TPSA) is 132 Å². The highest BCUT2D eigenvalue weighted by molar-refractivity contribution is 7.80. The van der Waals surface area contributed by atoms with Crippen LogP contribution in [0, 0.1) is 16.0 Å². The molecule has 0 radical (unpaired) electrons. The number of rotatable bonds is 12. The molecule has 2 amide bonds. The van der Waals surface area contributed by atoms with Gasteiger partial charge >= 0.3 is 6.09 Å². The fourth-order valence-corrected chi connectivity index (χ4v) is 5.10. The molecule has 0 aliphatic rings. The lowest BCUT2D eigenvalue weighted by Crippen LogP contribution is -2.55. The van der Waals surface area contributed by atoms with Crippen LogP contribution in [0.4, 0.5) is 10.5 Å². The summed E-state index contributed by atoms with van der Waals surface area (Å²) >= 11 is 5.54. The first kappa shape index (κ1) is 32.2. The number of imidazole rings is 1. The van der Waals surface area contributed by atoms with Gasteiger partial charge in [-0.1, -0.05) is 68.4 Å². The molecule has 0 saturated heterocycles. The smallest absolute Gasteiger partial charge is 0.413 e. The normalized spacial score (nSPS) is 11.7. The van der Waals surface area contributed by atoms with Gasteiger partial charge in [-0.2, -0.15) is 0 Å². The molecule has 1 atom stereocenters. The molecule has 0 saturated carbocycles. The predicted molar refractivity (Wildman–Crippen MR) is 172 cm³/mol. The van der Waals surface area contributed by atoms with Crippen LogP contribution < -0.4 is 10.7 Å². The Morgan fingerprint density at radius 3 is 2.52 bits per heavy atom. The maximum absolute atomic E-state index is 14.5. The quantitative estimate of drug-likeness (QED) is 0.117. The van der Waals surface area contributed by atoms with Gasteiger partial charge in [0, 0.05) is 31.4 Å². The summed E-state index contributed by atoms with van der Waals surface area (Å²) in [6.07, 6.45) is 3.60. The summed E-state index contributed by atoms with van der Waals surface area (Å²) in [6.45, 7) is 6.75. The zero-order valence-electron chi connectivity index (χ0n) is 24.9. The Morgan fingerprint density at radius 2 is 1.82 bits per heavy atom. The molecule has 0 fully saturated rings. The standard InChI is InChI=1S/C32H36N6O5S/c1-4-43-32(40)35-31(44)37(34-17-16-22(2)3)30(39)28(18-25-10-7-9-24-8-5-6-11-27(24)25)29-19-33-21-36(29)20-23-12-14-26(15-13-23)38(41)42/h5-15,19,21-22,28,34H,4,16-18,20H2,1-3H3,(H,35,40,44)/t28-/m0/s1. The Morgan fingerprint density at radius 1 is 1.09 bits per heavy atom. The predicted octanol–water partition coefficient (Wildman–Crippen LogP) is 5.73. The van der Waals surface area contributed by atoms with Gasteiger partial charge in [-0.3, -0.25) is 20.2 Å². The third kappa shape index (κ3) is 8.23. The van der Waals surface area contributed by atoms with Crippen molar-refractivity contribution in [2.24, 2.45) is 5.92 Å². The summed E-state index contributed by atoms with van der Waals surface area (Å²) in [7, 11) is 0. The van der Waals surface area contributed by atoms with E-state index in [2.05, 4.69) is 29.6 Å². The van der Waals surface area contributed by atoms with E-state index in [0.29, 0.717) is 31.1 Å². The van der Waals surface area contributed by atoms with Gasteiger partial charge in [0.25, 0.3) is 11.6 Å². The molecule has 4 aromatic rings. The van der Waals surface area contributed by atoms with Crippen molar-refractivity contribution in [2.75, 3.05) is 13.2 Å². The third-order valence-electron chi connectivity index (χ3n) is 7.10. The number of nitro groups is 1. The second-order valence-electron chi connectivity index (χ2n) is 10.7. The Labute approximate surface area is 261 Å². The number of non-ortho nitro benzene ring substituents is 1. The number of aromatic nitrogens is 2. The Hall–Kier alpha value is -4.68. The molecule has 4 rings (SSSR count). The number of hydrazine groups is 1. The number of nitrogens with zero attached hydrogens (tertiary/aromatic N) is 4. The highest BCUT2D eigenvalue weighted by atomic mass is 32.1. The van der Waals surface area contributed by atoms with Gasteiger partial charge in [-0.05, 0) is 59.8 Å². The molecular weight excluding hydrogens is 580 g/mol. The average molecular weight is 617 g/mol. The first-order valence-electron chi connectivity index (χ1n) is 14.4. The number of benzene rings is 3. The second kappa shape index (κ2) is 15.2. The SMILES string of the molecule is CCOC(=O)NC(=S)N(NCCC(C)C)C(=O)[C@@H](Cc1cccc2ccccc12)c1cncn1Cc1ccc([N+](=O)[O-])cc1. The van der Waals surface area contributed by atoms with Crippen LogP contribution in [0.2, 0.25) is 0 Å². The number of nitrogens with one attached hydrogen (secondary N) is 2. The molecule has 0 spiro atoms. The van der Waals surface area contributed by atoms with Gasteiger partial charge in [-0.15, -0.1) is 0 Å². The molecule has 44 heavy (non-hydrogen) atoms. The van der Waals surface area contributed by atoms with E-state index in [9.17, 15) is 19.7 Å². The van der Waals surface area contributed by atoms with Crippen LogP contribution in [0.3, 0.4) is 0 Å². The van der Waals surface area contributed by atoms with Crippen molar-refractivity contribution in [3.63, 3.8) is 0 Å². The van der Waals surface area contributed by atoms with Gasteiger partial charge in [0.05, 0.1) is 29.5 Å². The molecule has 0 bridgehead atoms. The van der Waals surface area contributed by atoms with Gasteiger partial charge in [0.15, 0.2) is 5.11 Å². The summed E-state index contributed by atoms with van der Waals surface area (Å²) < 4.78 is 6.86. The summed E-state index contributed by atoms with van der Waals surface area (Å²) in [5, 5.41) is 16.8. The largest absolute Gasteiger partial charge is 0.450 e. The number of carbonyl (C=O) groups is 2. The fourth-order valence-electron chi connectivity index (χ4n) is 4.86. The molecule has 3 aromatic carbocycles. The maximum Gasteiger partial charge on any atom is 0.413 e. The van der Waals surface area contributed by atoms with Crippen LogP contribution in [-0.4, -0.2) is 49.7 Å². The van der Waals surface area contributed by atoms with Gasteiger partial charge in [0.2, 0.25) is 0 Å². The van der Waals surface area contributed by atoms with Crippen molar-refractivity contribution >= 4 is 45.8 Å². The van der Waals surface area contributed by atoms with E-state index in [1.54, 1.807) is 31.6 Å². The molecule has 11 nitrogen and oxygen atoms in total. The van der Waals surface area contributed by atoms with E-state index in [1.165, 1.54) is 17.1 Å². The number of ether oxygens (including phenoxy) is 1. The minimum Gasteiger partial charge on any atom is -0.450 e. The van der Waals surface area contributed by atoms with Crippen molar-refractivity contribution in [1.29, 1.82) is 0 Å². The Balaban J connectivity index is 1.74. The molecule has 0 aliphatic heterocycles. The molecule has 0 unspecified atom stereocenters. The lowest BCUT2D eigenvalue weighted by Gasteiger charge is -2.29. The van der Waals surface area contributed by atoms with E-state index >= 15 is 0 Å². The molecule has 2 N–H and O–H groups in total. The van der Waals surface area contributed by atoms with Crippen LogP contribution in [0.15, 0.2) is 79.3 Å². The third-order valence-corrected chi connectivity index (χ3v) is 7.39. The number of fused-ring (bicyclic) bond motifs is 1. The van der Waals surface area contributed by atoms with E-state index in [0.717, 1.165) is 28.3 Å². The van der Waals surface area contributed by atoms with Crippen molar-refractivity contribution in [2.45, 2.75) is 46.1 Å². The van der Waals surface area contributed by atoms with Crippen LogP contribution in [0.5, 0.6) is 0 Å². The molecule has 230 valence electrons. The van der Waals surface area contributed by atoms with Crippen LogP contribution >= 0.6 is 12.2 Å². The van der Waals surface area contributed by atoms with Crippen LogP contribution in [0.25, 0.3) is 10.8 Å². The monoisotopic (exact) mass is 616 g/mol. The van der Waals surface area contributed by atoms with Crippen molar-refractivity contribution in [1.82, 2.24) is 25.3 Å². The lowest BCUT2D eigenvalue weighted by molar-refractivity contribution is -0.384. The van der Waals surface area contributed by atoms with Crippen molar-refractivity contribution < 1.29 is 19.2 Å². The number of amides is 2. The van der Waals surface area contributed by atoms with E-state index in [1.807, 2.05) is 47.0 Å². The van der Waals surface area contributed by atoms with Gasteiger partial charge in [-0.25, -0.2) is 20.2 Å². The zero-order chi connectivity index (χ0) is 31.6. The fraction of sp³-hybridized carbons (Fsp3) is 0.312. The number of alkyl carbamates (subject to hydrolysis) is 1. The van der Waals surface area contributed by atoms with Crippen LogP contribution in [0.1, 0.15) is 49.9 Å². The molecular formula is C32H36N6O5S. The molecule has 1 heterocycles. The molecule has 0 aliphatic carbocycles. The van der Waals surface area contributed by atoms with Crippen LogP contribution in [-0.2, 0) is 22.5 Å². The van der Waals surface area contributed by atoms with E-state index in [-0.39, 0.29) is 23.3 Å². The summed E-state index contributed by atoms with van der Waals surface area (Å²) in [6, 6.07) is 20.2. The van der Waals surface area contributed by atoms with Crippen molar-refractivity contribution in [3.05, 3.63) is 106 Å². The number of hydrogen-bond acceptors (Lipinski definition) is 8. The minimum absolute atomic E-state index is 0.00524. The highest BCUT2D eigenvalue weighted by Gasteiger charge is 2.32. The number of nitro benzene ring substituents is 1. The minimum atomic E-state index is -0.769. The lowest BCUT2D eigenvalue weighted by atomic mass is 9.92. The zero-order valence-corrected chi connectivity index (χ0v) is 25.8. The Bertz CT molecular complexity index is 1620. The summed E-state index contributed by atoms with van der Waals surface area (Å²) in [4.78, 5) is 41.9. The number of carbonyl (C=O) groups excluding carboxylic acids is 2. The van der Waals surface area contributed by atoms with E-state index < -0.39 is 16.9 Å². The average Bonchev–Trinajstić information content (AvgIpc) is 3.45. The Kier molecular flexibility index (Phi) is 11.1. The van der Waals surface area contributed by atoms with Crippen molar-refractivity contribution in [3.8, 4) is 0 Å². The first-order valence-corrected chi connectivity index (χ1v) is 14.8. The van der Waals surface area contributed by atoms with Gasteiger partial charge < -0.3 is 9.30 Å². The number of thiocarbonyl (C=S) groups is 1. The molecule has 1 aromatic heterocycles. The molecule has 12 heteroatoms. The second-order valence-corrected chi connectivity index (χ2v) is 11.1. The number of hydrogen-bond donors (Lipinski definition) is 2. The highest BCUT2D eigenvalue weighted by Crippen LogP contribution is 2.28. The first-order chi connectivity index (χ1) is 21.2. The summed E-state index contributed by atoms with van der Waals surface area (Å²) in [5.41, 5.74) is 5.50. The maximum atomic E-state index is 14.5. The van der Waals surface area contributed by atoms with Gasteiger partial charge in [0.1, 0.15) is 0 Å². The van der Waals surface area contributed by atoms with E-state index in [4.69, 9.17) is 17.0 Å². The summed E-state index contributed by atoms with van der Waals surface area (Å²) in [5.74, 6) is -0.788.